The first-order valence-electron chi connectivity index (χ1n) is 7.39. The second-order valence-electron chi connectivity index (χ2n) is 5.29. The highest BCUT2D eigenvalue weighted by molar-refractivity contribution is 5.87. The van der Waals surface area contributed by atoms with Crippen molar-refractivity contribution in [3.63, 3.8) is 0 Å². The quantitative estimate of drug-likeness (QED) is 0.490. The van der Waals surface area contributed by atoms with Gasteiger partial charge in [-0.1, -0.05) is 46.0 Å². The number of rotatable bonds is 10. The molecular formula is C15H29NO3. The maximum Gasteiger partial charge on any atom is 0.331 e. The number of unbranched alkanes of at least 4 members (excludes halogenated alkanes) is 4. The van der Waals surface area contributed by atoms with E-state index in [0.29, 0.717) is 12.8 Å². The first kappa shape index (κ1) is 17.9. The summed E-state index contributed by atoms with van der Waals surface area (Å²) >= 11 is 0. The van der Waals surface area contributed by atoms with E-state index < -0.39 is 5.54 Å². The molecule has 1 unspecified atom stereocenters. The predicted octanol–water partition coefficient (Wildman–Crippen LogP) is 3.19. The molecule has 0 saturated heterocycles. The van der Waals surface area contributed by atoms with Crippen LogP contribution in [0.5, 0.6) is 0 Å². The molecular weight excluding hydrogens is 242 g/mol. The second kappa shape index (κ2) is 9.82. The summed E-state index contributed by atoms with van der Waals surface area (Å²) in [7, 11) is 1.35. The molecule has 0 aromatic carbocycles. The lowest BCUT2D eigenvalue weighted by Crippen LogP contribution is -2.52. The van der Waals surface area contributed by atoms with E-state index >= 15 is 0 Å². The number of amides is 1. The van der Waals surface area contributed by atoms with Crippen molar-refractivity contribution in [3.8, 4) is 0 Å². The number of nitrogens with one attached hydrogen (secondary N) is 1. The van der Waals surface area contributed by atoms with Crippen LogP contribution in [0.25, 0.3) is 0 Å². The van der Waals surface area contributed by atoms with Gasteiger partial charge in [-0.25, -0.2) is 4.79 Å². The van der Waals surface area contributed by atoms with Gasteiger partial charge in [0.2, 0.25) is 5.91 Å². The lowest BCUT2D eigenvalue weighted by Gasteiger charge is -2.27. The molecule has 4 nitrogen and oxygen atoms in total. The van der Waals surface area contributed by atoms with Crippen LogP contribution in [0, 0.1) is 0 Å². The van der Waals surface area contributed by atoms with Crippen LogP contribution in [0.15, 0.2) is 0 Å². The Hall–Kier alpha value is -1.06. The minimum absolute atomic E-state index is 0.0575. The fourth-order valence-corrected chi connectivity index (χ4v) is 2.20. The fourth-order valence-electron chi connectivity index (χ4n) is 2.20. The molecule has 0 bridgehead atoms. The van der Waals surface area contributed by atoms with Crippen molar-refractivity contribution < 1.29 is 14.3 Å². The second-order valence-corrected chi connectivity index (χ2v) is 5.29. The zero-order valence-corrected chi connectivity index (χ0v) is 12.9. The standard InChI is InChI=1S/C15H29NO3/c1-5-7-8-9-10-11-13(17)16-15(3,12-6-2)14(18)19-4/h5-12H2,1-4H3,(H,16,17). The van der Waals surface area contributed by atoms with Gasteiger partial charge in [0.1, 0.15) is 5.54 Å². The van der Waals surface area contributed by atoms with Crippen molar-refractivity contribution >= 4 is 11.9 Å². The molecule has 0 heterocycles. The number of carbonyl (C=O) groups is 2. The van der Waals surface area contributed by atoms with E-state index in [-0.39, 0.29) is 11.9 Å². The third-order valence-corrected chi connectivity index (χ3v) is 3.31. The highest BCUT2D eigenvalue weighted by Crippen LogP contribution is 2.15. The summed E-state index contributed by atoms with van der Waals surface area (Å²) < 4.78 is 4.77. The highest BCUT2D eigenvalue weighted by atomic mass is 16.5. The van der Waals surface area contributed by atoms with Gasteiger partial charge >= 0.3 is 5.97 Å². The summed E-state index contributed by atoms with van der Waals surface area (Å²) in [4.78, 5) is 23.6. The van der Waals surface area contributed by atoms with Crippen molar-refractivity contribution in [2.75, 3.05) is 7.11 Å². The number of esters is 1. The molecule has 112 valence electrons. The Morgan fingerprint density at radius 3 is 2.21 bits per heavy atom. The predicted molar refractivity (Wildman–Crippen MR) is 76.8 cm³/mol. The van der Waals surface area contributed by atoms with Crippen molar-refractivity contribution in [1.82, 2.24) is 5.32 Å². The molecule has 19 heavy (non-hydrogen) atoms. The molecule has 1 amide bonds. The SMILES string of the molecule is CCCCCCCC(=O)NC(C)(CCC)C(=O)OC. The van der Waals surface area contributed by atoms with Gasteiger partial charge in [-0.15, -0.1) is 0 Å². The Morgan fingerprint density at radius 1 is 1.05 bits per heavy atom. The molecule has 0 aromatic heterocycles. The molecule has 0 radical (unpaired) electrons. The van der Waals surface area contributed by atoms with Gasteiger partial charge in [-0.2, -0.15) is 0 Å². The summed E-state index contributed by atoms with van der Waals surface area (Å²) in [6.07, 6.45) is 7.45. The first-order valence-corrected chi connectivity index (χ1v) is 7.39. The van der Waals surface area contributed by atoms with Crippen LogP contribution in [0.2, 0.25) is 0 Å². The van der Waals surface area contributed by atoms with Crippen molar-refractivity contribution in [2.24, 2.45) is 0 Å². The molecule has 0 fully saturated rings. The van der Waals surface area contributed by atoms with Crippen LogP contribution in [0.1, 0.15) is 72.1 Å². The lowest BCUT2D eigenvalue weighted by atomic mass is 9.95. The first-order chi connectivity index (χ1) is 9.00. The minimum atomic E-state index is -0.885. The largest absolute Gasteiger partial charge is 0.467 e. The number of hydrogen-bond acceptors (Lipinski definition) is 3. The highest BCUT2D eigenvalue weighted by Gasteiger charge is 2.34. The summed E-state index contributed by atoms with van der Waals surface area (Å²) in [5, 5.41) is 2.82. The minimum Gasteiger partial charge on any atom is -0.467 e. The maximum atomic E-state index is 11.9. The monoisotopic (exact) mass is 271 g/mol. The van der Waals surface area contributed by atoms with E-state index in [1.165, 1.54) is 26.4 Å². The van der Waals surface area contributed by atoms with E-state index in [1.807, 2.05) is 6.92 Å². The molecule has 1 N–H and O–H groups in total. The molecule has 0 spiro atoms. The summed E-state index contributed by atoms with van der Waals surface area (Å²) in [5.41, 5.74) is -0.885. The Labute approximate surface area is 117 Å². The molecule has 0 rings (SSSR count). The molecule has 0 aliphatic heterocycles. The van der Waals surface area contributed by atoms with Crippen LogP contribution in [0.4, 0.5) is 0 Å². The smallest absolute Gasteiger partial charge is 0.331 e. The van der Waals surface area contributed by atoms with Crippen LogP contribution < -0.4 is 5.32 Å². The fraction of sp³-hybridized carbons (Fsp3) is 0.867. The van der Waals surface area contributed by atoms with E-state index in [2.05, 4.69) is 12.2 Å². The Kier molecular flexibility index (Phi) is 9.27. The van der Waals surface area contributed by atoms with Crippen LogP contribution in [-0.4, -0.2) is 24.5 Å². The zero-order chi connectivity index (χ0) is 14.7. The normalized spacial score (nSPS) is 13.7. The Balaban J connectivity index is 4.14. The molecule has 0 aliphatic rings. The number of carbonyl (C=O) groups excluding carboxylic acids is 2. The van der Waals surface area contributed by atoms with Gasteiger partial charge in [-0.05, 0) is 19.8 Å². The Bertz CT molecular complexity index is 279. The summed E-state index contributed by atoms with van der Waals surface area (Å²) in [6, 6.07) is 0. The summed E-state index contributed by atoms with van der Waals surface area (Å²) in [5.74, 6) is -0.425. The molecule has 4 heteroatoms. The van der Waals surface area contributed by atoms with Crippen molar-refractivity contribution in [1.29, 1.82) is 0 Å². The topological polar surface area (TPSA) is 55.4 Å². The van der Waals surface area contributed by atoms with Gasteiger partial charge < -0.3 is 10.1 Å². The summed E-state index contributed by atoms with van der Waals surface area (Å²) in [6.45, 7) is 5.88. The lowest BCUT2D eigenvalue weighted by molar-refractivity contribution is -0.150. The van der Waals surface area contributed by atoms with E-state index in [0.717, 1.165) is 19.3 Å². The average molecular weight is 271 g/mol. The van der Waals surface area contributed by atoms with Gasteiger partial charge in [0.15, 0.2) is 0 Å². The average Bonchev–Trinajstić information content (AvgIpc) is 2.37. The van der Waals surface area contributed by atoms with Crippen molar-refractivity contribution in [2.45, 2.75) is 77.7 Å². The van der Waals surface area contributed by atoms with Gasteiger partial charge in [-0.3, -0.25) is 4.79 Å². The molecule has 0 saturated carbocycles. The zero-order valence-electron chi connectivity index (χ0n) is 12.9. The third kappa shape index (κ3) is 7.19. The molecule has 1 atom stereocenters. The van der Waals surface area contributed by atoms with Crippen molar-refractivity contribution in [3.05, 3.63) is 0 Å². The van der Waals surface area contributed by atoms with Gasteiger partial charge in [0.05, 0.1) is 7.11 Å². The van der Waals surface area contributed by atoms with Crippen LogP contribution in [-0.2, 0) is 14.3 Å². The maximum absolute atomic E-state index is 11.9. The van der Waals surface area contributed by atoms with E-state index in [4.69, 9.17) is 4.74 Å². The number of hydrogen-bond donors (Lipinski definition) is 1. The number of methoxy groups -OCH3 is 1. The molecule has 0 aromatic rings. The van der Waals surface area contributed by atoms with E-state index in [1.54, 1.807) is 6.92 Å². The number of ether oxygens (including phenoxy) is 1. The molecule has 0 aliphatic carbocycles. The van der Waals surface area contributed by atoms with Gasteiger partial charge in [0, 0.05) is 6.42 Å². The van der Waals surface area contributed by atoms with Crippen LogP contribution >= 0.6 is 0 Å². The van der Waals surface area contributed by atoms with Crippen LogP contribution in [0.3, 0.4) is 0 Å². The Morgan fingerprint density at radius 2 is 1.68 bits per heavy atom. The third-order valence-electron chi connectivity index (χ3n) is 3.31. The van der Waals surface area contributed by atoms with E-state index in [9.17, 15) is 9.59 Å². The van der Waals surface area contributed by atoms with Gasteiger partial charge in [0.25, 0.3) is 0 Å².